The zero-order valence-electron chi connectivity index (χ0n) is 11.7. The minimum Gasteiger partial charge on any atom is -0.354 e. The second kappa shape index (κ2) is 13.0. The molecule has 0 saturated heterocycles. The van der Waals surface area contributed by atoms with Crippen molar-refractivity contribution in [1.82, 2.24) is 16.0 Å². The van der Waals surface area contributed by atoms with Gasteiger partial charge in [0.05, 0.1) is 6.54 Å². The van der Waals surface area contributed by atoms with Crippen molar-refractivity contribution in [3.8, 4) is 0 Å². The van der Waals surface area contributed by atoms with Crippen LogP contribution in [0.1, 0.15) is 34.1 Å². The summed E-state index contributed by atoms with van der Waals surface area (Å²) in [5.41, 5.74) is 0. The Balaban J connectivity index is 0. The van der Waals surface area contributed by atoms with E-state index in [9.17, 15) is 9.59 Å². The number of amides is 2. The van der Waals surface area contributed by atoms with Gasteiger partial charge in [-0.05, 0) is 13.0 Å². The lowest BCUT2D eigenvalue weighted by Crippen LogP contribution is -2.38. The van der Waals surface area contributed by atoms with E-state index in [0.29, 0.717) is 32.0 Å². The minimum atomic E-state index is -0.0596. The molecule has 0 radical (unpaired) electrons. The van der Waals surface area contributed by atoms with Gasteiger partial charge in [0.1, 0.15) is 0 Å². The van der Waals surface area contributed by atoms with Crippen LogP contribution in [0.2, 0.25) is 0 Å². The first kappa shape index (κ1) is 18.3. The fourth-order valence-electron chi connectivity index (χ4n) is 1.07. The van der Waals surface area contributed by atoms with Crippen LogP contribution < -0.4 is 16.0 Å². The lowest BCUT2D eigenvalue weighted by atomic mass is 10.1. The fourth-order valence-corrected chi connectivity index (χ4v) is 1.07. The van der Waals surface area contributed by atoms with E-state index in [0.717, 1.165) is 0 Å². The highest BCUT2D eigenvalue weighted by molar-refractivity contribution is 5.78. The number of rotatable bonds is 7. The predicted octanol–water partition coefficient (Wildman–Crippen LogP) is 0.511. The average Bonchev–Trinajstić information content (AvgIpc) is 2.27. The highest BCUT2D eigenvalue weighted by atomic mass is 16.2. The summed E-state index contributed by atoms with van der Waals surface area (Å²) in [5.74, 6) is 0.340. The summed E-state index contributed by atoms with van der Waals surface area (Å²) in [6.07, 6.45) is 0.532. The molecule has 0 aromatic rings. The smallest absolute Gasteiger partial charge is 0.234 e. The van der Waals surface area contributed by atoms with Gasteiger partial charge in [-0.1, -0.05) is 27.7 Å². The first-order valence-electron chi connectivity index (χ1n) is 6.24. The number of carbonyl (C=O) groups is 2. The highest BCUT2D eigenvalue weighted by Crippen LogP contribution is 1.97. The Morgan fingerprint density at radius 2 is 1.47 bits per heavy atom. The molecule has 0 bridgehead atoms. The molecule has 5 heteroatoms. The van der Waals surface area contributed by atoms with Crippen LogP contribution in [0.25, 0.3) is 0 Å². The van der Waals surface area contributed by atoms with E-state index in [4.69, 9.17) is 0 Å². The Kier molecular flexibility index (Phi) is 13.9. The maximum absolute atomic E-state index is 11.2. The number of nitrogens with one attached hydrogen (secondary N) is 3. The molecule has 0 aliphatic carbocycles. The van der Waals surface area contributed by atoms with Gasteiger partial charge >= 0.3 is 0 Å². The van der Waals surface area contributed by atoms with Crippen LogP contribution in [0.3, 0.4) is 0 Å². The van der Waals surface area contributed by atoms with Gasteiger partial charge < -0.3 is 16.0 Å². The molecular weight excluding hydrogens is 218 g/mol. The van der Waals surface area contributed by atoms with Gasteiger partial charge in [-0.2, -0.15) is 0 Å². The maximum Gasteiger partial charge on any atom is 0.234 e. The van der Waals surface area contributed by atoms with Gasteiger partial charge in [0.2, 0.25) is 11.8 Å². The molecule has 0 aliphatic rings. The summed E-state index contributed by atoms with van der Waals surface area (Å²) >= 11 is 0. The molecule has 0 heterocycles. The quantitative estimate of drug-likeness (QED) is 0.572. The van der Waals surface area contributed by atoms with Gasteiger partial charge in [0, 0.05) is 19.5 Å². The Labute approximate surface area is 105 Å². The summed E-state index contributed by atoms with van der Waals surface area (Å²) < 4.78 is 0. The lowest BCUT2D eigenvalue weighted by Gasteiger charge is -2.08. The molecule has 3 N–H and O–H groups in total. The number of hydrogen-bond acceptors (Lipinski definition) is 3. The van der Waals surface area contributed by atoms with E-state index < -0.39 is 0 Å². The van der Waals surface area contributed by atoms with Crippen molar-refractivity contribution in [1.29, 1.82) is 0 Å². The molecular formula is C12H27N3O2. The van der Waals surface area contributed by atoms with E-state index in [1.165, 1.54) is 0 Å². The van der Waals surface area contributed by atoms with Crippen LogP contribution in [-0.2, 0) is 9.59 Å². The van der Waals surface area contributed by atoms with Crippen LogP contribution in [0.4, 0.5) is 0 Å². The SMILES string of the molecule is CC.CNCC(=O)NCCNC(=O)CC(C)C. The maximum atomic E-state index is 11.2. The van der Waals surface area contributed by atoms with Crippen molar-refractivity contribution in [3.63, 3.8) is 0 Å². The summed E-state index contributed by atoms with van der Waals surface area (Å²) in [6.45, 7) is 9.26. The Hall–Kier alpha value is -1.10. The van der Waals surface area contributed by atoms with Crippen LogP contribution in [0.15, 0.2) is 0 Å². The monoisotopic (exact) mass is 245 g/mol. The van der Waals surface area contributed by atoms with Gasteiger partial charge in [0.15, 0.2) is 0 Å². The van der Waals surface area contributed by atoms with Crippen molar-refractivity contribution < 1.29 is 9.59 Å². The fraction of sp³-hybridized carbons (Fsp3) is 0.833. The molecule has 0 fully saturated rings. The van der Waals surface area contributed by atoms with Gasteiger partial charge in [-0.15, -0.1) is 0 Å². The predicted molar refractivity (Wildman–Crippen MR) is 70.7 cm³/mol. The van der Waals surface area contributed by atoms with E-state index in [2.05, 4.69) is 16.0 Å². The Morgan fingerprint density at radius 3 is 1.88 bits per heavy atom. The molecule has 102 valence electrons. The standard InChI is InChI=1S/C10H21N3O2.C2H6/c1-8(2)6-9(14)12-4-5-13-10(15)7-11-3;1-2/h8,11H,4-7H2,1-3H3,(H,12,14)(H,13,15);1-2H3. The Morgan fingerprint density at radius 1 is 1.00 bits per heavy atom. The topological polar surface area (TPSA) is 70.2 Å². The van der Waals surface area contributed by atoms with Crippen LogP contribution in [0.5, 0.6) is 0 Å². The summed E-state index contributed by atoms with van der Waals surface area (Å²) in [5, 5.41) is 8.16. The molecule has 0 spiro atoms. The average molecular weight is 245 g/mol. The van der Waals surface area contributed by atoms with Gasteiger partial charge in [0.25, 0.3) is 0 Å². The molecule has 2 amide bonds. The van der Waals surface area contributed by atoms with Crippen LogP contribution in [0, 0.1) is 5.92 Å². The highest BCUT2D eigenvalue weighted by Gasteiger charge is 2.03. The minimum absolute atomic E-state index is 0.0351. The number of likely N-dealkylation sites (N-methyl/N-ethyl adjacent to an activating group) is 1. The molecule has 0 aromatic carbocycles. The number of hydrogen-bond donors (Lipinski definition) is 3. The molecule has 0 aliphatic heterocycles. The number of carbonyl (C=O) groups excluding carboxylic acids is 2. The molecule has 0 rings (SSSR count). The molecule has 0 atom stereocenters. The van der Waals surface area contributed by atoms with E-state index in [1.807, 2.05) is 27.7 Å². The van der Waals surface area contributed by atoms with Crippen LogP contribution in [-0.4, -0.2) is 38.5 Å². The normalized spacial score (nSPS) is 9.29. The first-order valence-corrected chi connectivity index (χ1v) is 6.24. The van der Waals surface area contributed by atoms with E-state index in [1.54, 1.807) is 7.05 Å². The van der Waals surface area contributed by atoms with Gasteiger partial charge in [-0.25, -0.2) is 0 Å². The zero-order valence-corrected chi connectivity index (χ0v) is 11.7. The molecule has 0 aromatic heterocycles. The zero-order chi connectivity index (χ0) is 13.7. The van der Waals surface area contributed by atoms with E-state index >= 15 is 0 Å². The first-order chi connectivity index (χ1) is 8.06. The second-order valence-corrected chi connectivity index (χ2v) is 3.83. The van der Waals surface area contributed by atoms with Crippen molar-refractivity contribution in [3.05, 3.63) is 0 Å². The lowest BCUT2D eigenvalue weighted by molar-refractivity contribution is -0.122. The molecule has 17 heavy (non-hydrogen) atoms. The molecule has 0 unspecified atom stereocenters. The third kappa shape index (κ3) is 14.9. The van der Waals surface area contributed by atoms with Crippen molar-refractivity contribution in [2.45, 2.75) is 34.1 Å². The largest absolute Gasteiger partial charge is 0.354 e. The summed E-state index contributed by atoms with van der Waals surface area (Å²) in [6, 6.07) is 0. The third-order valence-electron chi connectivity index (χ3n) is 1.70. The summed E-state index contributed by atoms with van der Waals surface area (Å²) in [7, 11) is 1.71. The van der Waals surface area contributed by atoms with Crippen molar-refractivity contribution >= 4 is 11.8 Å². The molecule has 0 saturated carbocycles. The van der Waals surface area contributed by atoms with Crippen molar-refractivity contribution in [2.75, 3.05) is 26.7 Å². The van der Waals surface area contributed by atoms with Crippen molar-refractivity contribution in [2.24, 2.45) is 5.92 Å². The summed E-state index contributed by atoms with van der Waals surface area (Å²) in [4.78, 5) is 22.2. The second-order valence-electron chi connectivity index (χ2n) is 3.83. The van der Waals surface area contributed by atoms with Gasteiger partial charge in [-0.3, -0.25) is 9.59 Å². The third-order valence-corrected chi connectivity index (χ3v) is 1.70. The molecule has 5 nitrogen and oxygen atoms in total. The van der Waals surface area contributed by atoms with Crippen LogP contribution >= 0.6 is 0 Å². The Bertz CT molecular complexity index is 206. The van der Waals surface area contributed by atoms with E-state index in [-0.39, 0.29) is 11.8 Å².